The second-order valence-corrected chi connectivity index (χ2v) is 5.91. The smallest absolute Gasteiger partial charge is 0.237 e. The molecule has 0 bridgehead atoms. The van der Waals surface area contributed by atoms with Gasteiger partial charge in [-0.1, -0.05) is 20.3 Å². The van der Waals surface area contributed by atoms with Gasteiger partial charge in [0.2, 0.25) is 5.91 Å². The molecule has 3 atom stereocenters. The van der Waals surface area contributed by atoms with Crippen LogP contribution in [-0.2, 0) is 4.79 Å². The Balaban J connectivity index is 2.57. The summed E-state index contributed by atoms with van der Waals surface area (Å²) in [6, 6.07) is 3.75. The predicted octanol–water partition coefficient (Wildman–Crippen LogP) is 2.61. The van der Waals surface area contributed by atoms with Gasteiger partial charge in [-0.25, -0.2) is 0 Å². The molecule has 1 aromatic rings. The molecule has 1 heterocycles. The van der Waals surface area contributed by atoms with E-state index in [2.05, 4.69) is 24.4 Å². The minimum absolute atomic E-state index is 0.0382. The topological polar surface area (TPSA) is 55.1 Å². The fourth-order valence-corrected chi connectivity index (χ4v) is 2.46. The highest BCUT2D eigenvalue weighted by atomic mass is 32.1. The number of rotatable bonds is 5. The van der Waals surface area contributed by atoms with Crippen LogP contribution in [0, 0.1) is 12.8 Å². The Hall–Kier alpha value is -0.870. The summed E-state index contributed by atoms with van der Waals surface area (Å²) >= 11 is 1.71. The molecule has 2 unspecified atom stereocenters. The van der Waals surface area contributed by atoms with Crippen LogP contribution in [-0.4, -0.2) is 11.9 Å². The lowest BCUT2D eigenvalue weighted by Gasteiger charge is -2.20. The summed E-state index contributed by atoms with van der Waals surface area (Å²) in [6.07, 6.45) is 0.918. The van der Waals surface area contributed by atoms with E-state index >= 15 is 0 Å². The molecular formula is C13H22N2OS. The number of nitrogens with two attached hydrogens (primary N) is 1. The Morgan fingerprint density at radius 2 is 2.12 bits per heavy atom. The number of hydrogen-bond acceptors (Lipinski definition) is 3. The van der Waals surface area contributed by atoms with Crippen LogP contribution in [0.15, 0.2) is 12.1 Å². The molecule has 0 saturated heterocycles. The van der Waals surface area contributed by atoms with Crippen molar-refractivity contribution in [2.75, 3.05) is 0 Å². The van der Waals surface area contributed by atoms with E-state index in [4.69, 9.17) is 5.73 Å². The van der Waals surface area contributed by atoms with Crippen molar-refractivity contribution in [1.29, 1.82) is 0 Å². The Bertz CT molecular complexity index is 375. The minimum atomic E-state index is -0.413. The molecule has 0 aliphatic heterocycles. The van der Waals surface area contributed by atoms with Crippen molar-refractivity contribution in [1.82, 2.24) is 5.32 Å². The number of aryl methyl sites for hydroxylation is 1. The van der Waals surface area contributed by atoms with Gasteiger partial charge in [-0.15, -0.1) is 11.3 Å². The maximum absolute atomic E-state index is 11.9. The van der Waals surface area contributed by atoms with Gasteiger partial charge in [0.25, 0.3) is 0 Å². The zero-order chi connectivity index (χ0) is 13.0. The van der Waals surface area contributed by atoms with E-state index in [1.165, 1.54) is 9.75 Å². The van der Waals surface area contributed by atoms with Crippen LogP contribution in [0.1, 0.15) is 43.0 Å². The fourth-order valence-electron chi connectivity index (χ4n) is 1.58. The first kappa shape index (κ1) is 14.2. The Labute approximate surface area is 107 Å². The van der Waals surface area contributed by atoms with Gasteiger partial charge < -0.3 is 11.1 Å². The van der Waals surface area contributed by atoms with Crippen molar-refractivity contribution >= 4 is 17.2 Å². The minimum Gasteiger partial charge on any atom is -0.347 e. The molecule has 17 heavy (non-hydrogen) atoms. The molecule has 96 valence electrons. The lowest BCUT2D eigenvalue weighted by Crippen LogP contribution is -2.45. The molecule has 3 nitrogen and oxygen atoms in total. The maximum atomic E-state index is 11.9. The highest BCUT2D eigenvalue weighted by molar-refractivity contribution is 7.12. The van der Waals surface area contributed by atoms with Gasteiger partial charge in [-0.3, -0.25) is 4.79 Å². The second kappa shape index (κ2) is 6.17. The zero-order valence-corrected chi connectivity index (χ0v) is 11.8. The molecule has 0 saturated carbocycles. The van der Waals surface area contributed by atoms with Gasteiger partial charge in [0, 0.05) is 9.75 Å². The normalized spacial score (nSPS) is 16.3. The van der Waals surface area contributed by atoms with E-state index < -0.39 is 6.04 Å². The lowest BCUT2D eigenvalue weighted by molar-refractivity contribution is -0.124. The van der Waals surface area contributed by atoms with E-state index in [0.717, 1.165) is 6.42 Å². The monoisotopic (exact) mass is 254 g/mol. The Morgan fingerprint density at radius 3 is 2.59 bits per heavy atom. The van der Waals surface area contributed by atoms with E-state index in [9.17, 15) is 4.79 Å². The van der Waals surface area contributed by atoms with Crippen molar-refractivity contribution in [3.05, 3.63) is 21.9 Å². The molecule has 0 aromatic carbocycles. The summed E-state index contributed by atoms with van der Waals surface area (Å²) in [5.41, 5.74) is 5.89. The summed E-state index contributed by atoms with van der Waals surface area (Å²) < 4.78 is 0. The molecule has 1 amide bonds. The summed E-state index contributed by atoms with van der Waals surface area (Å²) in [5.74, 6) is 0.158. The quantitative estimate of drug-likeness (QED) is 0.848. The third-order valence-electron chi connectivity index (χ3n) is 3.11. The average molecular weight is 254 g/mol. The first-order chi connectivity index (χ1) is 7.95. The fraction of sp³-hybridized carbons (Fsp3) is 0.615. The van der Waals surface area contributed by atoms with Crippen LogP contribution in [0.4, 0.5) is 0 Å². The van der Waals surface area contributed by atoms with Crippen molar-refractivity contribution < 1.29 is 4.79 Å². The van der Waals surface area contributed by atoms with Gasteiger partial charge in [0.15, 0.2) is 0 Å². The van der Waals surface area contributed by atoms with Crippen LogP contribution in [0.25, 0.3) is 0 Å². The molecule has 0 radical (unpaired) electrons. The van der Waals surface area contributed by atoms with Gasteiger partial charge in [0.1, 0.15) is 0 Å². The average Bonchev–Trinajstić information content (AvgIpc) is 2.73. The van der Waals surface area contributed by atoms with E-state index in [1.807, 2.05) is 20.8 Å². The van der Waals surface area contributed by atoms with Gasteiger partial charge >= 0.3 is 0 Å². The third-order valence-corrected chi connectivity index (χ3v) is 4.29. The van der Waals surface area contributed by atoms with Gasteiger partial charge in [-0.2, -0.15) is 0 Å². The van der Waals surface area contributed by atoms with E-state index in [1.54, 1.807) is 11.3 Å². The maximum Gasteiger partial charge on any atom is 0.237 e. The van der Waals surface area contributed by atoms with Crippen LogP contribution in [0.5, 0.6) is 0 Å². The van der Waals surface area contributed by atoms with Crippen molar-refractivity contribution in [2.45, 2.75) is 46.2 Å². The van der Waals surface area contributed by atoms with Crippen molar-refractivity contribution in [3.8, 4) is 0 Å². The zero-order valence-electron chi connectivity index (χ0n) is 11.0. The Kier molecular flexibility index (Phi) is 5.15. The summed E-state index contributed by atoms with van der Waals surface area (Å²) in [7, 11) is 0. The van der Waals surface area contributed by atoms with Crippen LogP contribution < -0.4 is 11.1 Å². The van der Waals surface area contributed by atoms with Crippen molar-refractivity contribution in [2.24, 2.45) is 11.7 Å². The number of hydrogen-bond donors (Lipinski definition) is 2. The summed E-state index contributed by atoms with van der Waals surface area (Å²) in [6.45, 7) is 8.11. The summed E-state index contributed by atoms with van der Waals surface area (Å²) in [5, 5.41) is 2.97. The molecule has 0 aliphatic rings. The largest absolute Gasteiger partial charge is 0.347 e. The number of nitrogens with one attached hydrogen (secondary N) is 1. The molecule has 1 rings (SSSR count). The standard InChI is InChI=1S/C13H22N2OS/c1-5-8(2)12(14)13(16)15-10(4)11-7-6-9(3)17-11/h6-8,10,12H,5,14H2,1-4H3,(H,15,16)/t8?,10?,12-/m0/s1. The molecule has 0 spiro atoms. The van der Waals surface area contributed by atoms with Gasteiger partial charge in [0.05, 0.1) is 12.1 Å². The van der Waals surface area contributed by atoms with E-state index in [0.29, 0.717) is 0 Å². The molecule has 4 heteroatoms. The summed E-state index contributed by atoms with van der Waals surface area (Å²) in [4.78, 5) is 14.3. The molecule has 0 fully saturated rings. The Morgan fingerprint density at radius 1 is 1.47 bits per heavy atom. The van der Waals surface area contributed by atoms with Crippen LogP contribution in [0.3, 0.4) is 0 Å². The number of amides is 1. The third kappa shape index (κ3) is 3.82. The highest BCUT2D eigenvalue weighted by Gasteiger charge is 2.21. The molecule has 3 N–H and O–H groups in total. The molecular weight excluding hydrogens is 232 g/mol. The van der Waals surface area contributed by atoms with Crippen molar-refractivity contribution in [3.63, 3.8) is 0 Å². The number of thiophene rings is 1. The van der Waals surface area contributed by atoms with Crippen LogP contribution in [0.2, 0.25) is 0 Å². The molecule has 0 aliphatic carbocycles. The number of carbonyl (C=O) groups excluding carboxylic acids is 1. The first-order valence-electron chi connectivity index (χ1n) is 6.08. The SMILES string of the molecule is CCC(C)[C@H](N)C(=O)NC(C)c1ccc(C)s1. The van der Waals surface area contributed by atoms with Crippen LogP contribution >= 0.6 is 11.3 Å². The second-order valence-electron chi connectivity index (χ2n) is 4.59. The molecule has 1 aromatic heterocycles. The van der Waals surface area contributed by atoms with E-state index in [-0.39, 0.29) is 17.9 Å². The number of carbonyl (C=O) groups is 1. The predicted molar refractivity (Wildman–Crippen MR) is 73.0 cm³/mol. The highest BCUT2D eigenvalue weighted by Crippen LogP contribution is 2.22. The lowest BCUT2D eigenvalue weighted by atomic mass is 9.99. The first-order valence-corrected chi connectivity index (χ1v) is 6.89. The van der Waals surface area contributed by atoms with Gasteiger partial charge in [-0.05, 0) is 31.9 Å².